The molecule has 1 heterocycles. The molecule has 1 aliphatic rings. The molecule has 3 amide bonds. The number of nitrogens with two attached hydrogens (primary N) is 1. The first-order valence-corrected chi connectivity index (χ1v) is 16.8. The number of benzene rings is 3. The fraction of sp³-hybridized carbons (Fsp3) is 0.308. The molecular formula is C39H43F4N5O5. The van der Waals surface area contributed by atoms with Crippen molar-refractivity contribution in [2.45, 2.75) is 65.3 Å². The zero-order chi connectivity index (χ0) is 39.5. The van der Waals surface area contributed by atoms with E-state index in [9.17, 15) is 36.7 Å². The molecule has 282 valence electrons. The summed E-state index contributed by atoms with van der Waals surface area (Å²) < 4.78 is 59.8. The standard InChI is InChI=1S/C37H37F4N5O5.C2H6/c1-5-46-33(44-26-12-7-6-8-13-26)31(27(42)21-43-28(47)18-19-29(48)51-36(2,3)4)30(22-14-16-25(38)17-15-22)32(35(46)50)45-34(49)23-10-9-11-24(20-23)37(39,40)41;1-2/h6-20,30,32H,5,21,42H2,1-4H3,(H,43,47)(H,45,49);1-2H3/b19-18+,31-27-,44-33?;. The third-order valence-corrected chi connectivity index (χ3v) is 7.52. The Morgan fingerprint density at radius 3 is 2.17 bits per heavy atom. The highest BCUT2D eigenvalue weighted by molar-refractivity contribution is 6.16. The molecule has 4 N–H and O–H groups in total. The topological polar surface area (TPSA) is 143 Å². The van der Waals surface area contributed by atoms with Crippen LogP contribution in [0.15, 0.2) is 107 Å². The number of para-hydroxylation sites is 1. The maximum atomic E-state index is 14.3. The van der Waals surface area contributed by atoms with E-state index in [-0.39, 0.29) is 35.8 Å². The van der Waals surface area contributed by atoms with Gasteiger partial charge in [0.15, 0.2) is 0 Å². The predicted octanol–water partition coefficient (Wildman–Crippen LogP) is 6.57. The molecule has 3 aromatic rings. The van der Waals surface area contributed by atoms with E-state index in [1.807, 2.05) is 13.8 Å². The van der Waals surface area contributed by atoms with Gasteiger partial charge in [-0.15, -0.1) is 0 Å². The fourth-order valence-electron chi connectivity index (χ4n) is 5.31. The minimum Gasteiger partial charge on any atom is -0.457 e. The molecule has 0 aromatic heterocycles. The summed E-state index contributed by atoms with van der Waals surface area (Å²) in [5, 5.41) is 5.17. The van der Waals surface area contributed by atoms with Crippen molar-refractivity contribution < 1.29 is 41.5 Å². The van der Waals surface area contributed by atoms with Gasteiger partial charge < -0.3 is 21.1 Å². The molecule has 14 heteroatoms. The van der Waals surface area contributed by atoms with Crippen molar-refractivity contribution in [2.24, 2.45) is 10.7 Å². The number of nitrogens with zero attached hydrogens (tertiary/aromatic N) is 2. The van der Waals surface area contributed by atoms with Crippen LogP contribution in [0.25, 0.3) is 0 Å². The number of carbonyl (C=O) groups excluding carboxylic acids is 4. The lowest BCUT2D eigenvalue weighted by Gasteiger charge is -2.41. The van der Waals surface area contributed by atoms with Crippen LogP contribution in [0.1, 0.15) is 68.9 Å². The predicted molar refractivity (Wildman–Crippen MR) is 193 cm³/mol. The molecule has 0 aliphatic carbocycles. The van der Waals surface area contributed by atoms with Crippen LogP contribution in [-0.4, -0.2) is 59.2 Å². The van der Waals surface area contributed by atoms with Gasteiger partial charge in [-0.2, -0.15) is 13.2 Å². The van der Waals surface area contributed by atoms with Gasteiger partial charge in [-0.05, 0) is 75.7 Å². The van der Waals surface area contributed by atoms with E-state index < -0.39 is 58.8 Å². The van der Waals surface area contributed by atoms with Gasteiger partial charge >= 0.3 is 12.1 Å². The molecule has 0 saturated carbocycles. The van der Waals surface area contributed by atoms with Crippen molar-refractivity contribution in [3.05, 3.63) is 125 Å². The number of likely N-dealkylation sites (N-methyl/N-ethyl adjacent to an activating group) is 1. The smallest absolute Gasteiger partial charge is 0.416 e. The Bertz CT molecular complexity index is 1870. The van der Waals surface area contributed by atoms with Crippen molar-refractivity contribution in [1.29, 1.82) is 0 Å². The van der Waals surface area contributed by atoms with E-state index in [4.69, 9.17) is 15.5 Å². The number of ether oxygens (including phenoxy) is 1. The van der Waals surface area contributed by atoms with E-state index >= 15 is 0 Å². The highest BCUT2D eigenvalue weighted by atomic mass is 19.4. The normalized spacial score (nSPS) is 17.9. The number of hydrogen-bond acceptors (Lipinski definition) is 7. The molecule has 1 fully saturated rings. The number of amidine groups is 1. The Balaban J connectivity index is 0.00000372. The number of alkyl halides is 3. The molecule has 0 bridgehead atoms. The van der Waals surface area contributed by atoms with Crippen molar-refractivity contribution in [3.8, 4) is 0 Å². The summed E-state index contributed by atoms with van der Waals surface area (Å²) in [6, 6.07) is 15.9. The first-order valence-electron chi connectivity index (χ1n) is 16.8. The summed E-state index contributed by atoms with van der Waals surface area (Å²) in [4.78, 5) is 58.6. The molecule has 4 rings (SSSR count). The van der Waals surface area contributed by atoms with Gasteiger partial charge in [0.25, 0.3) is 11.8 Å². The Kier molecular flexibility index (Phi) is 14.2. The third-order valence-electron chi connectivity index (χ3n) is 7.52. The Morgan fingerprint density at radius 2 is 1.58 bits per heavy atom. The minimum absolute atomic E-state index is 0.0118. The van der Waals surface area contributed by atoms with E-state index in [1.165, 1.54) is 23.1 Å². The number of carbonyl (C=O) groups is 4. The number of aliphatic imine (C=N–C) groups is 1. The van der Waals surface area contributed by atoms with Gasteiger partial charge in [-0.3, -0.25) is 19.3 Å². The van der Waals surface area contributed by atoms with Crippen LogP contribution < -0.4 is 16.4 Å². The molecule has 0 spiro atoms. The van der Waals surface area contributed by atoms with Crippen LogP contribution in [0.4, 0.5) is 23.2 Å². The van der Waals surface area contributed by atoms with Crippen molar-refractivity contribution in [1.82, 2.24) is 15.5 Å². The summed E-state index contributed by atoms with van der Waals surface area (Å²) in [5.41, 5.74) is 5.39. The van der Waals surface area contributed by atoms with Gasteiger partial charge in [0.05, 0.1) is 17.8 Å². The Morgan fingerprint density at radius 1 is 0.943 bits per heavy atom. The highest BCUT2D eigenvalue weighted by Gasteiger charge is 2.46. The number of rotatable bonds is 9. The largest absolute Gasteiger partial charge is 0.457 e. The second-order valence-electron chi connectivity index (χ2n) is 12.4. The average molecular weight is 738 g/mol. The van der Waals surface area contributed by atoms with Crippen LogP contribution in [0.2, 0.25) is 0 Å². The number of halogens is 4. The Labute approximate surface area is 305 Å². The molecule has 2 atom stereocenters. The number of nitrogens with one attached hydrogen (secondary N) is 2. The number of amides is 3. The average Bonchev–Trinajstić information content (AvgIpc) is 3.11. The number of hydrogen-bond donors (Lipinski definition) is 3. The molecule has 10 nitrogen and oxygen atoms in total. The van der Waals surface area contributed by atoms with Crippen LogP contribution in [0, 0.1) is 5.82 Å². The summed E-state index contributed by atoms with van der Waals surface area (Å²) in [6.07, 6.45) is -2.82. The zero-order valence-corrected chi connectivity index (χ0v) is 30.3. The van der Waals surface area contributed by atoms with Gasteiger partial charge in [0.2, 0.25) is 5.91 Å². The fourth-order valence-corrected chi connectivity index (χ4v) is 5.31. The first kappa shape index (κ1) is 41.6. The van der Waals surface area contributed by atoms with E-state index in [0.29, 0.717) is 17.3 Å². The summed E-state index contributed by atoms with van der Waals surface area (Å²) in [7, 11) is 0. The molecule has 53 heavy (non-hydrogen) atoms. The SMILES string of the molecule is CC.CCN1C(=O)C(NC(=O)c2cccc(C(F)(F)F)c2)C(c2ccc(F)cc2)/C(=C(/N)CNC(=O)/C=C/C(=O)OC(C)(C)C)C1=Nc1ccccc1. The lowest BCUT2D eigenvalue weighted by Crippen LogP contribution is -2.59. The maximum Gasteiger partial charge on any atom is 0.416 e. The highest BCUT2D eigenvalue weighted by Crippen LogP contribution is 2.38. The maximum absolute atomic E-state index is 14.3. The van der Waals surface area contributed by atoms with Crippen molar-refractivity contribution >= 4 is 35.2 Å². The van der Waals surface area contributed by atoms with Crippen LogP contribution in [0.3, 0.4) is 0 Å². The van der Waals surface area contributed by atoms with Gasteiger partial charge in [0.1, 0.15) is 23.3 Å². The monoisotopic (exact) mass is 737 g/mol. The lowest BCUT2D eigenvalue weighted by molar-refractivity contribution is -0.148. The molecule has 2 unspecified atom stereocenters. The molecular weight excluding hydrogens is 694 g/mol. The first-order chi connectivity index (χ1) is 25.0. The van der Waals surface area contributed by atoms with Crippen LogP contribution in [0.5, 0.6) is 0 Å². The van der Waals surface area contributed by atoms with Gasteiger partial charge in [-0.1, -0.05) is 50.2 Å². The minimum atomic E-state index is -4.73. The number of piperidine rings is 1. The molecule has 1 aliphatic heterocycles. The summed E-state index contributed by atoms with van der Waals surface area (Å²) in [5.74, 6) is -4.79. The molecule has 1 saturated heterocycles. The lowest BCUT2D eigenvalue weighted by atomic mass is 9.78. The van der Waals surface area contributed by atoms with Crippen molar-refractivity contribution in [2.75, 3.05) is 13.1 Å². The number of likely N-dealkylation sites (tertiary alicyclic amines) is 1. The van der Waals surface area contributed by atoms with Crippen LogP contribution >= 0.6 is 0 Å². The molecule has 0 radical (unpaired) electrons. The zero-order valence-electron chi connectivity index (χ0n) is 30.3. The third kappa shape index (κ3) is 11.3. The molecule has 3 aromatic carbocycles. The second-order valence-corrected chi connectivity index (χ2v) is 12.4. The van der Waals surface area contributed by atoms with Gasteiger partial charge in [-0.25, -0.2) is 14.2 Å². The second kappa shape index (κ2) is 18.1. The van der Waals surface area contributed by atoms with Crippen LogP contribution in [-0.2, 0) is 25.3 Å². The summed E-state index contributed by atoms with van der Waals surface area (Å²) >= 11 is 0. The summed E-state index contributed by atoms with van der Waals surface area (Å²) in [6.45, 7) is 10.3. The van der Waals surface area contributed by atoms with Gasteiger partial charge in [0, 0.05) is 41.4 Å². The number of esters is 1. The quantitative estimate of drug-likeness (QED) is 0.129. The Hall–Kier alpha value is -5.79. The van der Waals surface area contributed by atoms with E-state index in [2.05, 4.69) is 10.6 Å². The van der Waals surface area contributed by atoms with Crippen molar-refractivity contribution in [3.63, 3.8) is 0 Å². The van der Waals surface area contributed by atoms with E-state index in [1.54, 1.807) is 58.0 Å². The van der Waals surface area contributed by atoms with E-state index in [0.717, 1.165) is 36.4 Å².